The molecule has 77 heavy (non-hydrogen) atoms. The van der Waals surface area contributed by atoms with Crippen molar-refractivity contribution in [1.82, 2.24) is 0 Å². The van der Waals surface area contributed by atoms with Crippen LogP contribution in [0.2, 0.25) is 0 Å². The van der Waals surface area contributed by atoms with Crippen LogP contribution in [-0.4, -0.2) is 70.0 Å². The molecule has 9 nitrogen and oxygen atoms in total. The molecule has 0 rings (SSSR count). The predicted octanol–water partition coefficient (Wildman–Crippen LogP) is 19.4. The number of hydrogen-bond acceptors (Lipinski definition) is 8. The third-order valence-corrected chi connectivity index (χ3v) is 14.3. The maximum absolute atomic E-state index is 12.8. The average Bonchev–Trinajstić information content (AvgIpc) is 3.39. The number of esters is 2. The molecule has 0 radical (unpaired) electrons. The second-order valence-electron chi connectivity index (χ2n) is 22.0. The zero-order chi connectivity index (χ0) is 56.3. The molecule has 0 N–H and O–H groups in total. The Bertz CT molecular complexity index is 1620. The molecule has 0 aromatic heterocycles. The standard InChI is InChI=1S/C67H118NO8P/c1-6-8-10-12-14-16-18-20-22-24-26-27-28-29-30-31-32-33-34-35-36-37-38-39-40-41-42-44-46-48-50-52-54-56-58-60-67(70)76-65(64-75-77(71,72)74-62-61-68(3,4)5)63-73-66(69)59-57-55-53-51-49-47-45-43-25-23-21-19-17-15-13-11-9-7-2/h8,10,14,16-17,19-20,22-23,25-27,29-30,32-33,65H,6-7,9,11-13,15,18,21,24,28,31,34-64H2,1-5H3/b10-8-,16-14-,19-17-,22-20-,25-23-,27-26-,30-29-,33-32-. The lowest BCUT2D eigenvalue weighted by molar-refractivity contribution is -0.870. The molecule has 444 valence electrons. The number of carbonyl (C=O) groups is 2. The molecule has 0 heterocycles. The third kappa shape index (κ3) is 62.0. The van der Waals surface area contributed by atoms with Crippen LogP contribution in [0.15, 0.2) is 97.2 Å². The Morgan fingerprint density at radius 1 is 0.416 bits per heavy atom. The first-order valence-electron chi connectivity index (χ1n) is 31.4. The quantitative estimate of drug-likeness (QED) is 0.0195. The monoisotopic (exact) mass is 1100 g/mol. The summed E-state index contributed by atoms with van der Waals surface area (Å²) < 4.78 is 34.2. The first-order chi connectivity index (χ1) is 37.5. The summed E-state index contributed by atoms with van der Waals surface area (Å²) in [5.41, 5.74) is 0. The fourth-order valence-electron chi connectivity index (χ4n) is 8.51. The summed E-state index contributed by atoms with van der Waals surface area (Å²) in [6, 6.07) is 0. The van der Waals surface area contributed by atoms with E-state index in [1.165, 1.54) is 135 Å². The number of quaternary nitrogens is 1. The van der Waals surface area contributed by atoms with Gasteiger partial charge in [0.15, 0.2) is 6.10 Å². The highest BCUT2D eigenvalue weighted by Gasteiger charge is 2.22. The smallest absolute Gasteiger partial charge is 0.306 e. The summed E-state index contributed by atoms with van der Waals surface area (Å²) >= 11 is 0. The van der Waals surface area contributed by atoms with Crippen LogP contribution in [0.25, 0.3) is 0 Å². The van der Waals surface area contributed by atoms with Crippen molar-refractivity contribution in [2.24, 2.45) is 0 Å². The van der Waals surface area contributed by atoms with E-state index in [9.17, 15) is 19.0 Å². The van der Waals surface area contributed by atoms with Crippen LogP contribution < -0.4 is 4.89 Å². The maximum atomic E-state index is 12.8. The van der Waals surface area contributed by atoms with Crippen molar-refractivity contribution in [2.75, 3.05) is 47.5 Å². The second-order valence-corrected chi connectivity index (χ2v) is 23.4. The highest BCUT2D eigenvalue weighted by Crippen LogP contribution is 2.38. The van der Waals surface area contributed by atoms with Crippen LogP contribution in [0.5, 0.6) is 0 Å². The summed E-state index contributed by atoms with van der Waals surface area (Å²) in [5.74, 6) is -0.839. The van der Waals surface area contributed by atoms with Crippen LogP contribution in [0, 0.1) is 0 Å². The SMILES string of the molecule is CC/C=C\C/C=C\C/C=C\C/C=C\C/C=C\C/C=C\CCCCCCCCCCCCCCCCCCC(=O)OC(COC(=O)CCCCCCCCC/C=C\C/C=C\CCCCCC)COP(=O)([O-])OCC[N+](C)(C)C. The number of unbranched alkanes of at least 4 members (excludes halogenated alkanes) is 27. The first kappa shape index (κ1) is 73.9. The van der Waals surface area contributed by atoms with Crippen molar-refractivity contribution in [3.63, 3.8) is 0 Å². The molecular formula is C67H118NO8P. The number of ether oxygens (including phenoxy) is 2. The Morgan fingerprint density at radius 3 is 1.10 bits per heavy atom. The predicted molar refractivity (Wildman–Crippen MR) is 328 cm³/mol. The van der Waals surface area contributed by atoms with E-state index in [1.807, 2.05) is 21.1 Å². The topological polar surface area (TPSA) is 111 Å². The van der Waals surface area contributed by atoms with Crippen molar-refractivity contribution in [3.8, 4) is 0 Å². The van der Waals surface area contributed by atoms with Gasteiger partial charge in [0.2, 0.25) is 0 Å². The minimum Gasteiger partial charge on any atom is -0.756 e. The van der Waals surface area contributed by atoms with Crippen LogP contribution in [0.4, 0.5) is 0 Å². The van der Waals surface area contributed by atoms with E-state index in [2.05, 4.69) is 111 Å². The fraction of sp³-hybridized carbons (Fsp3) is 0.731. The highest BCUT2D eigenvalue weighted by molar-refractivity contribution is 7.45. The van der Waals surface area contributed by atoms with Gasteiger partial charge < -0.3 is 27.9 Å². The molecule has 0 aliphatic heterocycles. The molecule has 10 heteroatoms. The van der Waals surface area contributed by atoms with Gasteiger partial charge in [-0.15, -0.1) is 0 Å². The first-order valence-corrected chi connectivity index (χ1v) is 32.9. The second kappa shape index (κ2) is 57.6. The summed E-state index contributed by atoms with van der Waals surface area (Å²) in [7, 11) is 1.16. The van der Waals surface area contributed by atoms with Crippen LogP contribution in [0.1, 0.15) is 264 Å². The van der Waals surface area contributed by atoms with Gasteiger partial charge >= 0.3 is 11.9 Å². The Hall–Kier alpha value is -3.07. The molecule has 0 saturated carbocycles. The highest BCUT2D eigenvalue weighted by atomic mass is 31.2. The number of carbonyl (C=O) groups excluding carboxylic acids is 2. The van der Waals surface area contributed by atoms with Gasteiger partial charge in [0.05, 0.1) is 27.7 Å². The summed E-state index contributed by atoms with van der Waals surface area (Å²) in [5, 5.41) is 0. The fourth-order valence-corrected chi connectivity index (χ4v) is 9.24. The van der Waals surface area contributed by atoms with Gasteiger partial charge in [-0.2, -0.15) is 0 Å². The van der Waals surface area contributed by atoms with Crippen LogP contribution >= 0.6 is 7.82 Å². The molecule has 0 fully saturated rings. The molecule has 0 bridgehead atoms. The molecular weight excluding hydrogens is 978 g/mol. The molecule has 0 amide bonds. The zero-order valence-corrected chi connectivity index (χ0v) is 51.3. The van der Waals surface area contributed by atoms with Gasteiger partial charge in [0.25, 0.3) is 7.82 Å². The van der Waals surface area contributed by atoms with E-state index in [0.717, 1.165) is 96.3 Å². The van der Waals surface area contributed by atoms with Crippen molar-refractivity contribution >= 4 is 19.8 Å². The molecule has 0 aliphatic rings. The maximum Gasteiger partial charge on any atom is 0.306 e. The minimum absolute atomic E-state index is 0.0348. The molecule has 0 spiro atoms. The Morgan fingerprint density at radius 2 is 0.740 bits per heavy atom. The van der Waals surface area contributed by atoms with Crippen LogP contribution in [-0.2, 0) is 32.7 Å². The molecule has 0 aromatic carbocycles. The van der Waals surface area contributed by atoms with Crippen LogP contribution in [0.3, 0.4) is 0 Å². The summed E-state index contributed by atoms with van der Waals surface area (Å²) in [6.07, 6.45) is 78.9. The number of hydrogen-bond donors (Lipinski definition) is 0. The van der Waals surface area contributed by atoms with E-state index in [1.54, 1.807) is 0 Å². The van der Waals surface area contributed by atoms with Crippen molar-refractivity contribution < 1.29 is 42.1 Å². The normalized spacial score (nSPS) is 13.9. The number of rotatable bonds is 57. The third-order valence-electron chi connectivity index (χ3n) is 13.3. The van der Waals surface area contributed by atoms with Gasteiger partial charge in [-0.25, -0.2) is 0 Å². The van der Waals surface area contributed by atoms with E-state index in [0.29, 0.717) is 17.4 Å². The van der Waals surface area contributed by atoms with Gasteiger partial charge in [0, 0.05) is 12.8 Å². The lowest BCUT2D eigenvalue weighted by atomic mass is 10.0. The minimum atomic E-state index is -4.64. The van der Waals surface area contributed by atoms with Crippen molar-refractivity contribution in [1.29, 1.82) is 0 Å². The summed E-state index contributed by atoms with van der Waals surface area (Å²) in [4.78, 5) is 37.9. The molecule has 0 aliphatic carbocycles. The van der Waals surface area contributed by atoms with E-state index < -0.39 is 26.5 Å². The number of nitrogens with zero attached hydrogens (tertiary/aromatic N) is 1. The number of allylic oxidation sites excluding steroid dienone is 16. The Kier molecular flexibility index (Phi) is 55.3. The van der Waals surface area contributed by atoms with Gasteiger partial charge in [-0.05, 0) is 96.3 Å². The number of phosphoric acid groups is 1. The molecule has 0 aromatic rings. The largest absolute Gasteiger partial charge is 0.756 e. The Labute approximate surface area is 474 Å². The lowest BCUT2D eigenvalue weighted by Gasteiger charge is -2.28. The molecule has 0 saturated heterocycles. The van der Waals surface area contributed by atoms with E-state index in [-0.39, 0.29) is 32.0 Å². The van der Waals surface area contributed by atoms with E-state index >= 15 is 0 Å². The van der Waals surface area contributed by atoms with Gasteiger partial charge in [0.1, 0.15) is 19.8 Å². The number of phosphoric ester groups is 1. The number of likely N-dealkylation sites (N-methyl/N-ethyl adjacent to an activating group) is 1. The average molecular weight is 1100 g/mol. The zero-order valence-electron chi connectivity index (χ0n) is 50.4. The van der Waals surface area contributed by atoms with Gasteiger partial charge in [-0.3, -0.25) is 14.2 Å². The summed E-state index contributed by atoms with van der Waals surface area (Å²) in [6.45, 7) is 4.11. The van der Waals surface area contributed by atoms with E-state index in [4.69, 9.17) is 18.5 Å². The molecule has 2 atom stereocenters. The van der Waals surface area contributed by atoms with Gasteiger partial charge in [-0.1, -0.05) is 252 Å². The Balaban J connectivity index is 4.06. The van der Waals surface area contributed by atoms with Crippen molar-refractivity contribution in [3.05, 3.63) is 97.2 Å². The van der Waals surface area contributed by atoms with Crippen molar-refractivity contribution in [2.45, 2.75) is 270 Å². The molecule has 2 unspecified atom stereocenters. The lowest BCUT2D eigenvalue weighted by Crippen LogP contribution is -2.37.